The van der Waals surface area contributed by atoms with Crippen molar-refractivity contribution in [1.29, 1.82) is 0 Å². The van der Waals surface area contributed by atoms with Gasteiger partial charge >= 0.3 is 0 Å². The molecule has 0 unspecified atom stereocenters. The molecule has 1 amide bonds. The van der Waals surface area contributed by atoms with Gasteiger partial charge in [-0.3, -0.25) is 4.79 Å². The van der Waals surface area contributed by atoms with Crippen LogP contribution in [0.1, 0.15) is 32.6 Å². The molecule has 0 radical (unpaired) electrons. The minimum atomic E-state index is -3.53. The summed E-state index contributed by atoms with van der Waals surface area (Å²) >= 11 is 0. The van der Waals surface area contributed by atoms with E-state index in [2.05, 4.69) is 17.0 Å². The van der Waals surface area contributed by atoms with E-state index in [-0.39, 0.29) is 18.4 Å². The van der Waals surface area contributed by atoms with Crippen LogP contribution in [0.4, 0.5) is 0 Å². The SMILES string of the molecule is CC1CCC(NS(=O)(=O)CC(=O)NCCN)CC1.Cl. The lowest BCUT2D eigenvalue weighted by Gasteiger charge is -2.26. The van der Waals surface area contributed by atoms with E-state index in [9.17, 15) is 13.2 Å². The Morgan fingerprint density at radius 2 is 1.84 bits per heavy atom. The number of nitrogens with two attached hydrogens (primary N) is 1. The summed E-state index contributed by atoms with van der Waals surface area (Å²) in [5.74, 6) is -0.352. The number of sulfonamides is 1. The Bertz CT molecular complexity index is 367. The van der Waals surface area contributed by atoms with Crippen LogP contribution in [0.2, 0.25) is 0 Å². The molecule has 0 aromatic carbocycles. The second-order valence-corrected chi connectivity index (χ2v) is 6.73. The van der Waals surface area contributed by atoms with Gasteiger partial charge in [-0.2, -0.15) is 0 Å². The molecule has 0 aliphatic heterocycles. The van der Waals surface area contributed by atoms with Crippen LogP contribution in [0.15, 0.2) is 0 Å². The number of carbonyl (C=O) groups excluding carboxylic acids is 1. The molecule has 0 aromatic heterocycles. The molecule has 0 atom stereocenters. The Balaban J connectivity index is 0.00000324. The fraction of sp³-hybridized carbons (Fsp3) is 0.909. The summed E-state index contributed by atoms with van der Waals surface area (Å²) in [5, 5.41) is 2.45. The van der Waals surface area contributed by atoms with Crippen LogP contribution in [0, 0.1) is 5.92 Å². The maximum Gasteiger partial charge on any atom is 0.236 e. The van der Waals surface area contributed by atoms with Crippen molar-refractivity contribution in [2.45, 2.75) is 38.6 Å². The summed E-state index contributed by atoms with van der Waals surface area (Å²) in [6, 6.07) is -0.0199. The molecule has 8 heteroatoms. The first-order chi connectivity index (χ1) is 8.43. The Labute approximate surface area is 121 Å². The molecule has 1 saturated carbocycles. The standard InChI is InChI=1S/C11H23N3O3S.ClH/c1-9-2-4-10(5-3-9)14-18(16,17)8-11(15)13-7-6-12;/h9-10,14H,2-8,12H2,1H3,(H,13,15);1H. The molecule has 0 bridgehead atoms. The first-order valence-electron chi connectivity index (χ1n) is 6.39. The average molecular weight is 314 g/mol. The van der Waals surface area contributed by atoms with E-state index in [1.165, 1.54) is 0 Å². The zero-order chi connectivity index (χ0) is 13.6. The molecule has 1 aliphatic carbocycles. The average Bonchev–Trinajstić information content (AvgIpc) is 2.28. The number of amides is 1. The first-order valence-corrected chi connectivity index (χ1v) is 8.05. The van der Waals surface area contributed by atoms with Gasteiger partial charge in [-0.05, 0) is 31.6 Å². The van der Waals surface area contributed by atoms with E-state index < -0.39 is 21.7 Å². The lowest BCUT2D eigenvalue weighted by molar-refractivity contribution is -0.118. The predicted molar refractivity (Wildman–Crippen MR) is 77.7 cm³/mol. The van der Waals surface area contributed by atoms with Crippen molar-refractivity contribution in [2.75, 3.05) is 18.8 Å². The van der Waals surface area contributed by atoms with Crippen molar-refractivity contribution < 1.29 is 13.2 Å². The largest absolute Gasteiger partial charge is 0.354 e. The van der Waals surface area contributed by atoms with Gasteiger partial charge in [0.15, 0.2) is 0 Å². The highest BCUT2D eigenvalue weighted by Crippen LogP contribution is 2.23. The number of nitrogens with one attached hydrogen (secondary N) is 2. The quantitative estimate of drug-likeness (QED) is 0.641. The van der Waals surface area contributed by atoms with Crippen LogP contribution in [-0.4, -0.2) is 39.2 Å². The van der Waals surface area contributed by atoms with E-state index in [4.69, 9.17) is 5.73 Å². The van der Waals surface area contributed by atoms with E-state index in [0.717, 1.165) is 25.7 Å². The fourth-order valence-electron chi connectivity index (χ4n) is 2.11. The number of rotatable bonds is 6. The van der Waals surface area contributed by atoms with Gasteiger partial charge in [0.2, 0.25) is 15.9 Å². The predicted octanol–water partition coefficient (Wildman–Crippen LogP) is -0.0188. The number of carbonyl (C=O) groups is 1. The molecule has 6 nitrogen and oxygen atoms in total. The minimum Gasteiger partial charge on any atom is -0.354 e. The van der Waals surface area contributed by atoms with Crippen molar-refractivity contribution >= 4 is 28.3 Å². The molecule has 0 aromatic rings. The summed E-state index contributed by atoms with van der Waals surface area (Å²) in [4.78, 5) is 11.3. The minimum absolute atomic E-state index is 0. The van der Waals surface area contributed by atoms with Crippen molar-refractivity contribution in [2.24, 2.45) is 11.7 Å². The Morgan fingerprint density at radius 3 is 2.37 bits per heavy atom. The van der Waals surface area contributed by atoms with Gasteiger partial charge in [-0.15, -0.1) is 12.4 Å². The van der Waals surface area contributed by atoms with E-state index in [1.807, 2.05) is 0 Å². The normalized spacial score (nSPS) is 23.5. The lowest BCUT2D eigenvalue weighted by atomic mass is 9.88. The van der Waals surface area contributed by atoms with Crippen LogP contribution in [-0.2, 0) is 14.8 Å². The van der Waals surface area contributed by atoms with Crippen molar-refractivity contribution in [1.82, 2.24) is 10.0 Å². The van der Waals surface area contributed by atoms with Crippen LogP contribution >= 0.6 is 12.4 Å². The fourth-order valence-corrected chi connectivity index (χ4v) is 3.38. The van der Waals surface area contributed by atoms with Gasteiger partial charge in [-0.1, -0.05) is 6.92 Å². The number of hydrogen-bond donors (Lipinski definition) is 3. The van der Waals surface area contributed by atoms with E-state index in [0.29, 0.717) is 19.0 Å². The molecule has 0 spiro atoms. The molecule has 114 valence electrons. The van der Waals surface area contributed by atoms with Gasteiger partial charge in [0, 0.05) is 19.1 Å². The Morgan fingerprint density at radius 1 is 1.26 bits per heavy atom. The van der Waals surface area contributed by atoms with Crippen LogP contribution in [0.25, 0.3) is 0 Å². The third-order valence-electron chi connectivity index (χ3n) is 3.15. The van der Waals surface area contributed by atoms with Crippen LogP contribution < -0.4 is 15.8 Å². The van der Waals surface area contributed by atoms with E-state index in [1.54, 1.807) is 0 Å². The zero-order valence-corrected chi connectivity index (χ0v) is 12.9. The van der Waals surface area contributed by atoms with Crippen molar-refractivity contribution in [3.63, 3.8) is 0 Å². The van der Waals surface area contributed by atoms with Crippen LogP contribution in [0.5, 0.6) is 0 Å². The summed E-state index contributed by atoms with van der Waals surface area (Å²) < 4.78 is 26.1. The molecular weight excluding hydrogens is 290 g/mol. The topological polar surface area (TPSA) is 101 Å². The summed E-state index contributed by atoms with van der Waals surface area (Å²) in [7, 11) is -3.53. The molecular formula is C11H24ClN3O3S. The number of halogens is 1. The van der Waals surface area contributed by atoms with Gasteiger partial charge in [0.05, 0.1) is 0 Å². The van der Waals surface area contributed by atoms with Gasteiger partial charge in [0.25, 0.3) is 0 Å². The van der Waals surface area contributed by atoms with Crippen LogP contribution in [0.3, 0.4) is 0 Å². The van der Waals surface area contributed by atoms with Gasteiger partial charge in [-0.25, -0.2) is 13.1 Å². The number of hydrogen-bond acceptors (Lipinski definition) is 4. The molecule has 19 heavy (non-hydrogen) atoms. The zero-order valence-electron chi connectivity index (χ0n) is 11.2. The van der Waals surface area contributed by atoms with Crippen molar-refractivity contribution in [3.05, 3.63) is 0 Å². The smallest absolute Gasteiger partial charge is 0.236 e. The Kier molecular flexibility index (Phi) is 8.56. The monoisotopic (exact) mass is 313 g/mol. The highest BCUT2D eigenvalue weighted by atomic mass is 35.5. The Hall–Kier alpha value is -0.370. The van der Waals surface area contributed by atoms with Gasteiger partial charge in [0.1, 0.15) is 5.75 Å². The highest BCUT2D eigenvalue weighted by Gasteiger charge is 2.24. The lowest BCUT2D eigenvalue weighted by Crippen LogP contribution is -2.43. The molecule has 1 rings (SSSR count). The molecule has 0 saturated heterocycles. The molecule has 4 N–H and O–H groups in total. The summed E-state index contributed by atoms with van der Waals surface area (Å²) in [6.45, 7) is 2.78. The summed E-state index contributed by atoms with van der Waals surface area (Å²) in [5.41, 5.74) is 5.22. The maximum absolute atomic E-state index is 11.8. The summed E-state index contributed by atoms with van der Waals surface area (Å²) in [6.07, 6.45) is 3.77. The maximum atomic E-state index is 11.8. The second kappa shape index (κ2) is 8.73. The molecule has 1 aliphatic rings. The molecule has 0 heterocycles. The van der Waals surface area contributed by atoms with Gasteiger partial charge < -0.3 is 11.1 Å². The molecule has 1 fully saturated rings. The third-order valence-corrected chi connectivity index (χ3v) is 4.48. The second-order valence-electron chi connectivity index (χ2n) is 4.97. The third kappa shape index (κ3) is 7.71. The highest BCUT2D eigenvalue weighted by molar-refractivity contribution is 7.90. The first kappa shape index (κ1) is 18.6. The van der Waals surface area contributed by atoms with Crippen molar-refractivity contribution in [3.8, 4) is 0 Å². The van der Waals surface area contributed by atoms with E-state index >= 15 is 0 Å².